The van der Waals surface area contributed by atoms with Gasteiger partial charge in [0.25, 0.3) is 11.8 Å². The lowest BCUT2D eigenvalue weighted by molar-refractivity contribution is -0.151. The van der Waals surface area contributed by atoms with Crippen molar-refractivity contribution in [3.8, 4) is 0 Å². The molecule has 3 heterocycles. The highest BCUT2D eigenvalue weighted by molar-refractivity contribution is 6.30. The molecule has 1 aliphatic heterocycles. The number of carbonyl (C=O) groups is 3. The number of pyridine rings is 1. The average Bonchev–Trinajstić information content (AvgIpc) is 2.76. The highest BCUT2D eigenvalue weighted by Gasteiger charge is 2.23. The Morgan fingerprint density at radius 1 is 1.07 bits per heavy atom. The number of aromatic nitrogens is 3. The third-order valence-electron chi connectivity index (χ3n) is 4.17. The van der Waals surface area contributed by atoms with Gasteiger partial charge in [0.1, 0.15) is 12.2 Å². The number of hydrogen-bond donors (Lipinski definition) is 1. The van der Waals surface area contributed by atoms with Gasteiger partial charge in [0, 0.05) is 49.8 Å². The molecule has 3 rings (SSSR count). The maximum Gasteiger partial charge on any atom is 0.325 e. The molecule has 0 aromatic carbocycles. The second-order valence-corrected chi connectivity index (χ2v) is 6.56. The molecule has 1 saturated heterocycles. The van der Waals surface area contributed by atoms with Gasteiger partial charge >= 0.3 is 5.97 Å². The van der Waals surface area contributed by atoms with Crippen molar-refractivity contribution in [3.63, 3.8) is 0 Å². The quantitative estimate of drug-likeness (QED) is 0.658. The van der Waals surface area contributed by atoms with Crippen molar-refractivity contribution in [2.24, 2.45) is 0 Å². The van der Waals surface area contributed by atoms with Crippen LogP contribution in [0.4, 0.5) is 5.95 Å². The van der Waals surface area contributed by atoms with Gasteiger partial charge in [-0.3, -0.25) is 19.4 Å². The van der Waals surface area contributed by atoms with E-state index in [1.54, 1.807) is 23.4 Å². The van der Waals surface area contributed by atoms with Gasteiger partial charge in [-0.05, 0) is 18.2 Å². The summed E-state index contributed by atoms with van der Waals surface area (Å²) in [5, 5.41) is 2.73. The summed E-state index contributed by atoms with van der Waals surface area (Å²) >= 11 is 5.79. The van der Waals surface area contributed by atoms with Gasteiger partial charge in [0.2, 0.25) is 5.95 Å². The second kappa shape index (κ2) is 9.78. The van der Waals surface area contributed by atoms with Crippen LogP contribution < -0.4 is 10.2 Å². The smallest absolute Gasteiger partial charge is 0.325 e. The molecule has 1 N–H and O–H groups in total. The SMILES string of the molecule is O=C(CNC(=O)c1cc(Cl)ccn1)OCC(=O)N1CCN(c2ncccn2)CC1. The number of ether oxygens (including phenoxy) is 1. The van der Waals surface area contributed by atoms with Crippen molar-refractivity contribution >= 4 is 35.3 Å². The van der Waals surface area contributed by atoms with Crippen LogP contribution in [0, 0.1) is 0 Å². The maximum atomic E-state index is 12.2. The van der Waals surface area contributed by atoms with E-state index in [1.807, 2.05) is 4.90 Å². The van der Waals surface area contributed by atoms with E-state index in [1.165, 1.54) is 18.3 Å². The minimum absolute atomic E-state index is 0.0849. The molecular formula is C18H19ClN6O4. The molecule has 0 saturated carbocycles. The van der Waals surface area contributed by atoms with E-state index >= 15 is 0 Å². The molecule has 1 aliphatic rings. The summed E-state index contributed by atoms with van der Waals surface area (Å²) in [5.41, 5.74) is 0.0849. The van der Waals surface area contributed by atoms with Crippen LogP contribution in [0.1, 0.15) is 10.5 Å². The van der Waals surface area contributed by atoms with Gasteiger partial charge in [-0.15, -0.1) is 0 Å². The van der Waals surface area contributed by atoms with E-state index in [-0.39, 0.29) is 24.8 Å². The summed E-state index contributed by atoms with van der Waals surface area (Å²) in [6.07, 6.45) is 4.72. The number of piperazine rings is 1. The normalized spacial score (nSPS) is 13.7. The summed E-state index contributed by atoms with van der Waals surface area (Å²) in [7, 11) is 0. The molecule has 2 amide bonds. The summed E-state index contributed by atoms with van der Waals surface area (Å²) < 4.78 is 4.95. The number of anilines is 1. The Kier molecular flexibility index (Phi) is 6.90. The minimum atomic E-state index is -0.718. The number of nitrogens with one attached hydrogen (secondary N) is 1. The van der Waals surface area contributed by atoms with Crippen molar-refractivity contribution in [3.05, 3.63) is 47.5 Å². The van der Waals surface area contributed by atoms with E-state index < -0.39 is 11.9 Å². The second-order valence-electron chi connectivity index (χ2n) is 6.12. The molecule has 2 aromatic rings. The molecule has 0 bridgehead atoms. The van der Waals surface area contributed by atoms with Crippen molar-refractivity contribution in [2.75, 3.05) is 44.2 Å². The Hall–Kier alpha value is -3.27. The van der Waals surface area contributed by atoms with Crippen molar-refractivity contribution in [2.45, 2.75) is 0 Å². The van der Waals surface area contributed by atoms with Crippen LogP contribution in [-0.2, 0) is 14.3 Å². The summed E-state index contributed by atoms with van der Waals surface area (Å²) in [6.45, 7) is 1.38. The largest absolute Gasteiger partial charge is 0.454 e. The van der Waals surface area contributed by atoms with Gasteiger partial charge in [-0.25, -0.2) is 9.97 Å². The number of carbonyl (C=O) groups excluding carboxylic acids is 3. The fourth-order valence-corrected chi connectivity index (χ4v) is 2.83. The highest BCUT2D eigenvalue weighted by atomic mass is 35.5. The first-order valence-corrected chi connectivity index (χ1v) is 9.26. The predicted molar refractivity (Wildman–Crippen MR) is 103 cm³/mol. The molecule has 0 radical (unpaired) electrons. The van der Waals surface area contributed by atoms with Gasteiger partial charge < -0.3 is 19.9 Å². The van der Waals surface area contributed by atoms with Crippen LogP contribution in [0.3, 0.4) is 0 Å². The Bertz CT molecular complexity index is 874. The molecule has 0 spiro atoms. The molecule has 11 heteroatoms. The highest BCUT2D eigenvalue weighted by Crippen LogP contribution is 2.10. The Balaban J connectivity index is 1.37. The number of nitrogens with zero attached hydrogens (tertiary/aromatic N) is 5. The molecule has 29 heavy (non-hydrogen) atoms. The van der Waals surface area contributed by atoms with E-state index in [9.17, 15) is 14.4 Å². The minimum Gasteiger partial charge on any atom is -0.454 e. The van der Waals surface area contributed by atoms with Crippen LogP contribution in [0.15, 0.2) is 36.8 Å². The van der Waals surface area contributed by atoms with Gasteiger partial charge in [-0.2, -0.15) is 0 Å². The van der Waals surface area contributed by atoms with E-state index in [0.717, 1.165) is 0 Å². The zero-order chi connectivity index (χ0) is 20.6. The Morgan fingerprint density at radius 3 is 2.48 bits per heavy atom. The van der Waals surface area contributed by atoms with Crippen LogP contribution in [0.2, 0.25) is 5.02 Å². The number of hydrogen-bond acceptors (Lipinski definition) is 8. The molecule has 152 valence electrons. The van der Waals surface area contributed by atoms with Crippen LogP contribution in [0.5, 0.6) is 0 Å². The number of halogens is 1. The molecule has 0 unspecified atom stereocenters. The first kappa shape index (κ1) is 20.5. The predicted octanol–water partition coefficient (Wildman–Crippen LogP) is 0.147. The standard InChI is InChI=1S/C18H19ClN6O4/c19-13-2-5-20-14(10-13)17(28)23-11-16(27)29-12-15(26)24-6-8-25(9-7-24)18-21-3-1-4-22-18/h1-5,10H,6-9,11-12H2,(H,23,28). The molecule has 0 aliphatic carbocycles. The van der Waals surface area contributed by atoms with Crippen LogP contribution in [-0.4, -0.2) is 77.0 Å². The molecule has 10 nitrogen and oxygen atoms in total. The molecule has 1 fully saturated rings. The topological polar surface area (TPSA) is 118 Å². The average molecular weight is 419 g/mol. The molecule has 0 atom stereocenters. The number of esters is 1. The maximum absolute atomic E-state index is 12.2. The zero-order valence-electron chi connectivity index (χ0n) is 15.5. The third kappa shape index (κ3) is 5.85. The Morgan fingerprint density at radius 2 is 1.79 bits per heavy atom. The van der Waals surface area contributed by atoms with Gasteiger partial charge in [0.15, 0.2) is 6.61 Å². The lowest BCUT2D eigenvalue weighted by Crippen LogP contribution is -2.50. The van der Waals surface area contributed by atoms with Crippen LogP contribution >= 0.6 is 11.6 Å². The summed E-state index contributed by atoms with van der Waals surface area (Å²) in [6, 6.07) is 4.66. The summed E-state index contributed by atoms with van der Waals surface area (Å²) in [4.78, 5) is 51.8. The Labute approximate surface area is 171 Å². The van der Waals surface area contributed by atoms with Crippen LogP contribution in [0.25, 0.3) is 0 Å². The van der Waals surface area contributed by atoms with E-state index in [4.69, 9.17) is 16.3 Å². The van der Waals surface area contributed by atoms with Gasteiger partial charge in [-0.1, -0.05) is 11.6 Å². The fourth-order valence-electron chi connectivity index (χ4n) is 2.67. The molecule has 2 aromatic heterocycles. The van der Waals surface area contributed by atoms with E-state index in [0.29, 0.717) is 37.1 Å². The third-order valence-corrected chi connectivity index (χ3v) is 4.41. The fraction of sp³-hybridized carbons (Fsp3) is 0.333. The van der Waals surface area contributed by atoms with Crippen molar-refractivity contribution in [1.29, 1.82) is 0 Å². The monoisotopic (exact) mass is 418 g/mol. The van der Waals surface area contributed by atoms with Gasteiger partial charge in [0.05, 0.1) is 0 Å². The molecular weight excluding hydrogens is 400 g/mol. The lowest BCUT2D eigenvalue weighted by Gasteiger charge is -2.34. The lowest BCUT2D eigenvalue weighted by atomic mass is 10.3. The first-order valence-electron chi connectivity index (χ1n) is 8.88. The summed E-state index contributed by atoms with van der Waals surface area (Å²) in [5.74, 6) is -0.953. The van der Waals surface area contributed by atoms with E-state index in [2.05, 4.69) is 20.3 Å². The van der Waals surface area contributed by atoms with Crippen molar-refractivity contribution < 1.29 is 19.1 Å². The first-order chi connectivity index (χ1) is 14.0. The number of rotatable bonds is 6. The zero-order valence-corrected chi connectivity index (χ0v) is 16.2. The number of amides is 2. The van der Waals surface area contributed by atoms with Crippen molar-refractivity contribution in [1.82, 2.24) is 25.2 Å².